The fourth-order valence-electron chi connectivity index (χ4n) is 2.19. The van der Waals surface area contributed by atoms with Crippen LogP contribution in [0, 0.1) is 10.1 Å². The maximum Gasteiger partial charge on any atom is 0.284 e. The monoisotopic (exact) mass is 355 g/mol. The molecule has 0 unspecified atom stereocenters. The quantitative estimate of drug-likeness (QED) is 0.596. The average molecular weight is 356 g/mol. The summed E-state index contributed by atoms with van der Waals surface area (Å²) in [5, 5.41) is 10.9. The van der Waals surface area contributed by atoms with E-state index in [2.05, 4.69) is 15.9 Å². The Morgan fingerprint density at radius 1 is 1.19 bits per heavy atom. The maximum absolute atomic E-state index is 12.3. The van der Waals surface area contributed by atoms with E-state index in [4.69, 9.17) is 0 Å². The Morgan fingerprint density at radius 2 is 1.76 bits per heavy atom. The zero-order valence-corrected chi connectivity index (χ0v) is 13.0. The third kappa shape index (κ3) is 3.38. The molecule has 7 nitrogen and oxygen atoms in total. The molecular weight excluding hydrogens is 342 g/mol. The first-order valence-corrected chi connectivity index (χ1v) is 7.18. The zero-order chi connectivity index (χ0) is 15.6. The Balaban J connectivity index is 2.13. The number of nitro groups is 1. The molecule has 21 heavy (non-hydrogen) atoms. The third-order valence-electron chi connectivity index (χ3n) is 3.40. The molecule has 0 aliphatic carbocycles. The van der Waals surface area contributed by atoms with Gasteiger partial charge in [-0.3, -0.25) is 19.7 Å². The summed E-state index contributed by atoms with van der Waals surface area (Å²) in [6.07, 6.45) is 0. The van der Waals surface area contributed by atoms with Crippen molar-refractivity contribution in [2.75, 3.05) is 26.2 Å². The van der Waals surface area contributed by atoms with Crippen LogP contribution in [0.3, 0.4) is 0 Å². The van der Waals surface area contributed by atoms with Crippen molar-refractivity contribution in [2.45, 2.75) is 6.92 Å². The first kappa shape index (κ1) is 15.4. The molecule has 1 saturated heterocycles. The highest BCUT2D eigenvalue weighted by molar-refractivity contribution is 9.10. The lowest BCUT2D eigenvalue weighted by Crippen LogP contribution is -2.50. The van der Waals surface area contributed by atoms with E-state index in [1.807, 2.05) is 0 Å². The topological polar surface area (TPSA) is 83.8 Å². The van der Waals surface area contributed by atoms with Gasteiger partial charge in [0.15, 0.2) is 0 Å². The van der Waals surface area contributed by atoms with Gasteiger partial charge in [0, 0.05) is 44.7 Å². The number of hydrogen-bond acceptors (Lipinski definition) is 4. The van der Waals surface area contributed by atoms with Crippen molar-refractivity contribution >= 4 is 33.4 Å². The standard InChI is InChI=1S/C13H14BrN3O4/c1-9(18)15-4-6-16(7-5-15)13(19)10-2-3-11(14)12(8-10)17(20)21/h2-3,8H,4-7H2,1H3. The number of rotatable bonds is 2. The van der Waals surface area contributed by atoms with Gasteiger partial charge in [-0.05, 0) is 28.1 Å². The van der Waals surface area contributed by atoms with Crippen LogP contribution in [0.2, 0.25) is 0 Å². The summed E-state index contributed by atoms with van der Waals surface area (Å²) in [6, 6.07) is 4.32. The van der Waals surface area contributed by atoms with Crippen molar-refractivity contribution in [1.29, 1.82) is 0 Å². The van der Waals surface area contributed by atoms with Crippen molar-refractivity contribution in [3.63, 3.8) is 0 Å². The smallest absolute Gasteiger partial charge is 0.284 e. The van der Waals surface area contributed by atoms with Gasteiger partial charge in [0.2, 0.25) is 5.91 Å². The van der Waals surface area contributed by atoms with Crippen LogP contribution in [-0.2, 0) is 4.79 Å². The highest BCUT2D eigenvalue weighted by atomic mass is 79.9. The van der Waals surface area contributed by atoms with E-state index >= 15 is 0 Å². The van der Waals surface area contributed by atoms with Gasteiger partial charge in [-0.1, -0.05) is 0 Å². The Morgan fingerprint density at radius 3 is 2.29 bits per heavy atom. The molecule has 1 aromatic carbocycles. The number of nitro benzene ring substituents is 1. The minimum atomic E-state index is -0.533. The minimum Gasteiger partial charge on any atom is -0.339 e. The van der Waals surface area contributed by atoms with E-state index in [0.717, 1.165) is 0 Å². The molecule has 0 spiro atoms. The average Bonchev–Trinajstić information content (AvgIpc) is 2.46. The van der Waals surface area contributed by atoms with Crippen molar-refractivity contribution in [2.24, 2.45) is 0 Å². The molecule has 0 bridgehead atoms. The fraction of sp³-hybridized carbons (Fsp3) is 0.385. The summed E-state index contributed by atoms with van der Waals surface area (Å²) in [5.74, 6) is -0.268. The van der Waals surface area contributed by atoms with Crippen LogP contribution in [0.15, 0.2) is 22.7 Å². The molecule has 1 aliphatic heterocycles. The van der Waals surface area contributed by atoms with E-state index in [1.54, 1.807) is 15.9 Å². The van der Waals surface area contributed by atoms with Gasteiger partial charge in [-0.25, -0.2) is 0 Å². The van der Waals surface area contributed by atoms with E-state index < -0.39 is 4.92 Å². The summed E-state index contributed by atoms with van der Waals surface area (Å²) >= 11 is 3.09. The number of piperazine rings is 1. The van der Waals surface area contributed by atoms with Gasteiger partial charge in [0.25, 0.3) is 11.6 Å². The SMILES string of the molecule is CC(=O)N1CCN(C(=O)c2ccc(Br)c([N+](=O)[O-])c2)CC1. The Labute approximate surface area is 129 Å². The highest BCUT2D eigenvalue weighted by Crippen LogP contribution is 2.26. The lowest BCUT2D eigenvalue weighted by Gasteiger charge is -2.34. The number of nitrogens with zero attached hydrogens (tertiary/aromatic N) is 3. The van der Waals surface area contributed by atoms with Crippen LogP contribution < -0.4 is 0 Å². The largest absolute Gasteiger partial charge is 0.339 e. The number of hydrogen-bond donors (Lipinski definition) is 0. The molecule has 8 heteroatoms. The predicted octanol–water partition coefficient (Wildman–Crippen LogP) is 1.66. The molecule has 1 aromatic rings. The summed E-state index contributed by atoms with van der Waals surface area (Å²) in [7, 11) is 0. The van der Waals surface area contributed by atoms with Gasteiger partial charge in [-0.2, -0.15) is 0 Å². The van der Waals surface area contributed by atoms with Crippen molar-refractivity contribution in [3.05, 3.63) is 38.3 Å². The first-order chi connectivity index (χ1) is 9.90. The van der Waals surface area contributed by atoms with Gasteiger partial charge < -0.3 is 9.80 Å². The van der Waals surface area contributed by atoms with Crippen molar-refractivity contribution in [3.8, 4) is 0 Å². The second kappa shape index (κ2) is 6.21. The summed E-state index contributed by atoms with van der Waals surface area (Å²) in [5.41, 5.74) is 0.143. The Hall–Kier alpha value is -1.96. The molecular formula is C13H14BrN3O4. The van der Waals surface area contributed by atoms with Crippen LogP contribution >= 0.6 is 15.9 Å². The number of carbonyl (C=O) groups is 2. The Bertz CT molecular complexity index is 597. The summed E-state index contributed by atoms with van der Waals surface area (Å²) in [6.45, 7) is 3.33. The molecule has 2 amide bonds. The van der Waals surface area contributed by atoms with Gasteiger partial charge in [-0.15, -0.1) is 0 Å². The van der Waals surface area contributed by atoms with Gasteiger partial charge in [0.05, 0.1) is 9.40 Å². The van der Waals surface area contributed by atoms with Crippen LogP contribution in [0.25, 0.3) is 0 Å². The number of benzene rings is 1. The lowest BCUT2D eigenvalue weighted by atomic mass is 10.1. The van der Waals surface area contributed by atoms with E-state index in [1.165, 1.54) is 19.1 Å². The van der Waals surface area contributed by atoms with Gasteiger partial charge >= 0.3 is 0 Å². The minimum absolute atomic E-state index is 0.0126. The molecule has 0 saturated carbocycles. The molecule has 112 valence electrons. The van der Waals surface area contributed by atoms with Crippen molar-refractivity contribution in [1.82, 2.24) is 9.80 Å². The molecule has 2 rings (SSSR count). The fourth-order valence-corrected chi connectivity index (χ4v) is 2.58. The number of amides is 2. The van der Waals surface area contributed by atoms with Crippen LogP contribution in [0.5, 0.6) is 0 Å². The van der Waals surface area contributed by atoms with Crippen LogP contribution in [0.1, 0.15) is 17.3 Å². The van der Waals surface area contributed by atoms with E-state index in [9.17, 15) is 19.7 Å². The summed E-state index contributed by atoms with van der Waals surface area (Å²) < 4.78 is 0.338. The first-order valence-electron chi connectivity index (χ1n) is 6.39. The molecule has 0 radical (unpaired) electrons. The molecule has 0 aromatic heterocycles. The molecule has 1 fully saturated rings. The second-order valence-corrected chi connectivity index (χ2v) is 5.58. The predicted molar refractivity (Wildman–Crippen MR) is 79.0 cm³/mol. The van der Waals surface area contributed by atoms with E-state index in [0.29, 0.717) is 30.7 Å². The maximum atomic E-state index is 12.3. The van der Waals surface area contributed by atoms with Gasteiger partial charge in [0.1, 0.15) is 0 Å². The molecule has 1 heterocycles. The van der Waals surface area contributed by atoms with E-state index in [-0.39, 0.29) is 23.1 Å². The Kier molecular flexibility index (Phi) is 4.56. The molecule has 0 N–H and O–H groups in total. The highest BCUT2D eigenvalue weighted by Gasteiger charge is 2.24. The number of carbonyl (C=O) groups excluding carboxylic acids is 2. The number of halogens is 1. The van der Waals surface area contributed by atoms with Crippen LogP contribution in [0.4, 0.5) is 5.69 Å². The third-order valence-corrected chi connectivity index (χ3v) is 4.07. The molecule has 1 aliphatic rings. The normalized spacial score (nSPS) is 15.0. The lowest BCUT2D eigenvalue weighted by molar-refractivity contribution is -0.385. The van der Waals surface area contributed by atoms with Crippen LogP contribution in [-0.4, -0.2) is 52.7 Å². The summed E-state index contributed by atoms with van der Waals surface area (Å²) in [4.78, 5) is 37.2. The second-order valence-electron chi connectivity index (χ2n) is 4.72. The molecule has 0 atom stereocenters. The zero-order valence-electron chi connectivity index (χ0n) is 11.4. The van der Waals surface area contributed by atoms with Crippen molar-refractivity contribution < 1.29 is 14.5 Å².